The summed E-state index contributed by atoms with van der Waals surface area (Å²) < 4.78 is 0. The number of piperidine rings is 1. The Morgan fingerprint density at radius 1 is 1.31 bits per heavy atom. The number of hydrogen-bond donors (Lipinski definition) is 1. The molecule has 0 aromatic heterocycles. The summed E-state index contributed by atoms with van der Waals surface area (Å²) >= 11 is 0. The Labute approximate surface area is 101 Å². The lowest BCUT2D eigenvalue weighted by atomic mass is 9.99. The Morgan fingerprint density at radius 3 is 2.62 bits per heavy atom. The summed E-state index contributed by atoms with van der Waals surface area (Å²) in [6.45, 7) is 10.7. The van der Waals surface area contributed by atoms with Gasteiger partial charge in [0.25, 0.3) is 0 Å². The summed E-state index contributed by atoms with van der Waals surface area (Å²) in [6.07, 6.45) is 5.68. The molecule has 1 aliphatic heterocycles. The highest BCUT2D eigenvalue weighted by Gasteiger charge is 2.41. The minimum Gasteiger partial charge on any atom is -0.315 e. The summed E-state index contributed by atoms with van der Waals surface area (Å²) in [6, 6.07) is 1.68. The fraction of sp³-hybridized carbons (Fsp3) is 1.00. The van der Waals surface area contributed by atoms with Crippen molar-refractivity contribution in [2.45, 2.75) is 58.5 Å². The average molecular weight is 224 g/mol. The molecule has 1 saturated heterocycles. The largest absolute Gasteiger partial charge is 0.315 e. The maximum atomic E-state index is 3.61. The van der Waals surface area contributed by atoms with Gasteiger partial charge in [0, 0.05) is 25.2 Å². The normalized spacial score (nSPS) is 31.5. The first-order valence-corrected chi connectivity index (χ1v) is 7.18. The molecule has 1 aliphatic carbocycles. The highest BCUT2D eigenvalue weighted by molar-refractivity contribution is 4.96. The van der Waals surface area contributed by atoms with E-state index in [9.17, 15) is 0 Å². The predicted molar refractivity (Wildman–Crippen MR) is 69.6 cm³/mol. The van der Waals surface area contributed by atoms with Crippen LogP contribution in [0.25, 0.3) is 0 Å². The molecule has 0 aromatic carbocycles. The zero-order valence-corrected chi connectivity index (χ0v) is 11.2. The van der Waals surface area contributed by atoms with Crippen LogP contribution in [0.5, 0.6) is 0 Å². The number of nitrogens with zero attached hydrogens (tertiary/aromatic N) is 1. The van der Waals surface area contributed by atoms with Gasteiger partial charge in [0.15, 0.2) is 0 Å². The van der Waals surface area contributed by atoms with Gasteiger partial charge in [-0.3, -0.25) is 4.90 Å². The smallest absolute Gasteiger partial charge is 0.0246 e. The molecule has 1 saturated carbocycles. The first-order chi connectivity index (χ1) is 7.72. The van der Waals surface area contributed by atoms with Gasteiger partial charge >= 0.3 is 0 Å². The molecule has 0 aromatic rings. The SMILES string of the molecule is CCCNCC(C(C)C)N1CC2CCC1C2. The van der Waals surface area contributed by atoms with E-state index in [0.717, 1.165) is 23.9 Å². The first-order valence-electron chi connectivity index (χ1n) is 7.18. The molecule has 1 N–H and O–H groups in total. The van der Waals surface area contributed by atoms with Crippen LogP contribution in [-0.4, -0.2) is 36.6 Å². The van der Waals surface area contributed by atoms with Crippen molar-refractivity contribution in [2.75, 3.05) is 19.6 Å². The van der Waals surface area contributed by atoms with E-state index in [-0.39, 0.29) is 0 Å². The third-order valence-corrected chi connectivity index (χ3v) is 4.43. The Bertz CT molecular complexity index is 215. The van der Waals surface area contributed by atoms with Crippen LogP contribution >= 0.6 is 0 Å². The minimum atomic E-state index is 0.766. The third kappa shape index (κ3) is 2.60. The van der Waals surface area contributed by atoms with E-state index in [4.69, 9.17) is 0 Å². The van der Waals surface area contributed by atoms with Gasteiger partial charge in [0.05, 0.1) is 0 Å². The highest BCUT2D eigenvalue weighted by atomic mass is 15.2. The topological polar surface area (TPSA) is 15.3 Å². The van der Waals surface area contributed by atoms with Crippen molar-refractivity contribution in [1.82, 2.24) is 10.2 Å². The third-order valence-electron chi connectivity index (χ3n) is 4.43. The quantitative estimate of drug-likeness (QED) is 0.697. The molecule has 2 fully saturated rings. The summed E-state index contributed by atoms with van der Waals surface area (Å²) in [7, 11) is 0. The molecule has 2 bridgehead atoms. The van der Waals surface area contributed by atoms with Crippen molar-refractivity contribution in [3.63, 3.8) is 0 Å². The number of likely N-dealkylation sites (tertiary alicyclic amines) is 1. The molecule has 3 unspecified atom stereocenters. The van der Waals surface area contributed by atoms with Crippen molar-refractivity contribution in [1.29, 1.82) is 0 Å². The van der Waals surface area contributed by atoms with Gasteiger partial charge in [0.2, 0.25) is 0 Å². The predicted octanol–water partition coefficient (Wildman–Crippen LogP) is 2.49. The Morgan fingerprint density at radius 2 is 2.12 bits per heavy atom. The number of fused-ring (bicyclic) bond motifs is 2. The molecular formula is C14H28N2. The maximum Gasteiger partial charge on any atom is 0.0246 e. The lowest BCUT2D eigenvalue weighted by Gasteiger charge is -2.37. The molecule has 94 valence electrons. The Kier molecular flexibility index (Phi) is 4.26. The van der Waals surface area contributed by atoms with Gasteiger partial charge in [-0.15, -0.1) is 0 Å². The van der Waals surface area contributed by atoms with Gasteiger partial charge in [-0.25, -0.2) is 0 Å². The lowest BCUT2D eigenvalue weighted by molar-refractivity contribution is 0.114. The van der Waals surface area contributed by atoms with Crippen LogP contribution in [-0.2, 0) is 0 Å². The van der Waals surface area contributed by atoms with E-state index in [1.165, 1.54) is 45.3 Å². The lowest BCUT2D eigenvalue weighted by Crippen LogP contribution is -2.49. The van der Waals surface area contributed by atoms with Gasteiger partial charge in [-0.05, 0) is 44.1 Å². The molecule has 2 heteroatoms. The second-order valence-corrected chi connectivity index (χ2v) is 6.05. The van der Waals surface area contributed by atoms with Gasteiger partial charge in [0.1, 0.15) is 0 Å². The summed E-state index contributed by atoms with van der Waals surface area (Å²) in [5.41, 5.74) is 0. The van der Waals surface area contributed by atoms with Gasteiger partial charge in [-0.1, -0.05) is 20.8 Å². The van der Waals surface area contributed by atoms with E-state index in [1.54, 1.807) is 0 Å². The van der Waals surface area contributed by atoms with E-state index < -0.39 is 0 Å². The van der Waals surface area contributed by atoms with Crippen LogP contribution in [0.3, 0.4) is 0 Å². The second kappa shape index (κ2) is 5.50. The zero-order chi connectivity index (χ0) is 11.5. The van der Waals surface area contributed by atoms with Crippen molar-refractivity contribution in [3.8, 4) is 0 Å². The van der Waals surface area contributed by atoms with Crippen molar-refractivity contribution in [3.05, 3.63) is 0 Å². The Balaban J connectivity index is 1.87. The standard InChI is InChI=1S/C14H28N2/c1-4-7-15-9-14(11(2)3)16-10-12-5-6-13(16)8-12/h11-15H,4-10H2,1-3H3. The molecular weight excluding hydrogens is 196 g/mol. The fourth-order valence-corrected chi connectivity index (χ4v) is 3.53. The van der Waals surface area contributed by atoms with Crippen LogP contribution < -0.4 is 5.32 Å². The van der Waals surface area contributed by atoms with Crippen LogP contribution in [0.4, 0.5) is 0 Å². The van der Waals surface area contributed by atoms with Crippen molar-refractivity contribution >= 4 is 0 Å². The molecule has 16 heavy (non-hydrogen) atoms. The molecule has 3 atom stereocenters. The number of nitrogens with one attached hydrogen (secondary N) is 1. The van der Waals surface area contributed by atoms with Crippen molar-refractivity contribution in [2.24, 2.45) is 11.8 Å². The monoisotopic (exact) mass is 224 g/mol. The second-order valence-electron chi connectivity index (χ2n) is 6.05. The Hall–Kier alpha value is -0.0800. The summed E-state index contributed by atoms with van der Waals surface area (Å²) in [5.74, 6) is 1.81. The molecule has 2 aliphatic rings. The summed E-state index contributed by atoms with van der Waals surface area (Å²) in [4.78, 5) is 2.81. The molecule has 0 amide bonds. The van der Waals surface area contributed by atoms with E-state index in [2.05, 4.69) is 31.0 Å². The number of hydrogen-bond acceptors (Lipinski definition) is 2. The van der Waals surface area contributed by atoms with E-state index in [0.29, 0.717) is 0 Å². The van der Waals surface area contributed by atoms with E-state index in [1.807, 2.05) is 0 Å². The van der Waals surface area contributed by atoms with Crippen LogP contribution in [0.2, 0.25) is 0 Å². The van der Waals surface area contributed by atoms with E-state index >= 15 is 0 Å². The average Bonchev–Trinajstić information content (AvgIpc) is 2.85. The fourth-order valence-electron chi connectivity index (χ4n) is 3.53. The summed E-state index contributed by atoms with van der Waals surface area (Å²) in [5, 5.41) is 3.61. The van der Waals surface area contributed by atoms with Crippen LogP contribution in [0, 0.1) is 11.8 Å². The molecule has 2 rings (SSSR count). The van der Waals surface area contributed by atoms with Gasteiger partial charge in [-0.2, -0.15) is 0 Å². The highest BCUT2D eigenvalue weighted by Crippen LogP contribution is 2.39. The van der Waals surface area contributed by atoms with Gasteiger partial charge < -0.3 is 5.32 Å². The zero-order valence-electron chi connectivity index (χ0n) is 11.2. The van der Waals surface area contributed by atoms with Crippen LogP contribution in [0.15, 0.2) is 0 Å². The van der Waals surface area contributed by atoms with Crippen molar-refractivity contribution < 1.29 is 0 Å². The first kappa shape index (κ1) is 12.4. The number of rotatable bonds is 6. The molecule has 0 spiro atoms. The molecule has 0 radical (unpaired) electrons. The molecule has 2 nitrogen and oxygen atoms in total. The molecule has 1 heterocycles. The maximum absolute atomic E-state index is 3.61. The minimum absolute atomic E-state index is 0.766. The van der Waals surface area contributed by atoms with Crippen LogP contribution in [0.1, 0.15) is 46.5 Å².